The fraction of sp³-hybridized carbons (Fsp3) is 0.263. The maximum atomic E-state index is 14.5. The fourth-order valence-electron chi connectivity index (χ4n) is 2.76. The Hall–Kier alpha value is -2.96. The van der Waals surface area contributed by atoms with Crippen LogP contribution in [0.4, 0.5) is 14.9 Å². The minimum absolute atomic E-state index is 0.113. The lowest BCUT2D eigenvalue weighted by atomic mass is 10.3. The van der Waals surface area contributed by atoms with Crippen molar-refractivity contribution in [3.05, 3.63) is 64.7 Å². The molecule has 0 atom stereocenters. The normalized spacial score (nSPS) is 11.2. The second-order valence-corrected chi connectivity index (χ2v) is 9.31. The zero-order valence-corrected chi connectivity index (χ0v) is 19.4. The van der Waals surface area contributed by atoms with Crippen LogP contribution in [0.25, 0.3) is 0 Å². The number of anilines is 1. The molecule has 1 N–H and O–H groups in total. The van der Waals surface area contributed by atoms with Crippen molar-refractivity contribution in [1.82, 2.24) is 25.5 Å². The lowest BCUT2D eigenvalue weighted by Crippen LogP contribution is -2.36. The molecule has 176 valence electrons. The van der Waals surface area contributed by atoms with Gasteiger partial charge in [-0.1, -0.05) is 23.2 Å². The Labute approximate surface area is 199 Å². The summed E-state index contributed by atoms with van der Waals surface area (Å²) in [4.78, 5) is 13.2. The van der Waals surface area contributed by atoms with Gasteiger partial charge in [-0.25, -0.2) is 17.6 Å². The number of nitrogens with zero attached hydrogens (tertiary/aromatic N) is 5. The zero-order chi connectivity index (χ0) is 23.8. The number of carbonyl (C=O) groups excluding carboxylic acids is 1. The van der Waals surface area contributed by atoms with Crippen LogP contribution in [0.15, 0.2) is 53.7 Å². The first kappa shape index (κ1) is 24.7. The number of tetrazole rings is 1. The molecule has 0 saturated carbocycles. The summed E-state index contributed by atoms with van der Waals surface area (Å²) in [5.41, 5.74) is -0.276. The van der Waals surface area contributed by atoms with Crippen molar-refractivity contribution in [3.63, 3.8) is 0 Å². The molecule has 0 aliphatic carbocycles. The second kappa shape index (κ2) is 11.3. The maximum Gasteiger partial charge on any atom is 0.407 e. The number of halogens is 3. The van der Waals surface area contributed by atoms with Gasteiger partial charge in [0.05, 0.1) is 23.7 Å². The molecule has 2 aromatic carbocycles. The van der Waals surface area contributed by atoms with E-state index in [1.807, 2.05) is 0 Å². The number of benzene rings is 2. The molecule has 3 rings (SSSR count). The topological polar surface area (TPSA) is 119 Å². The number of hydrogen-bond donors (Lipinski definition) is 1. The lowest BCUT2D eigenvalue weighted by molar-refractivity contribution is 0.149. The van der Waals surface area contributed by atoms with Crippen molar-refractivity contribution in [1.29, 1.82) is 0 Å². The molecular formula is C19H19Cl2FN6O4S. The number of ether oxygens (including phenoxy) is 1. The fourth-order valence-corrected chi connectivity index (χ4v) is 4.50. The average Bonchev–Trinajstić information content (AvgIpc) is 3.30. The van der Waals surface area contributed by atoms with E-state index in [0.29, 0.717) is 18.0 Å². The summed E-state index contributed by atoms with van der Waals surface area (Å²) < 4.78 is 46.8. The van der Waals surface area contributed by atoms with Crippen molar-refractivity contribution >= 4 is 45.0 Å². The molecule has 0 bridgehead atoms. The Bertz CT molecular complexity index is 1180. The van der Waals surface area contributed by atoms with Gasteiger partial charge in [0.2, 0.25) is 0 Å². The smallest absolute Gasteiger partial charge is 0.407 e. The Morgan fingerprint density at radius 1 is 1.15 bits per heavy atom. The first-order chi connectivity index (χ1) is 15.8. The number of carbonyl (C=O) groups is 1. The molecule has 0 radical (unpaired) electrons. The van der Waals surface area contributed by atoms with Gasteiger partial charge in [0, 0.05) is 16.6 Å². The number of hydrogen-bond acceptors (Lipinski definition) is 7. The van der Waals surface area contributed by atoms with Crippen LogP contribution in [0.1, 0.15) is 6.42 Å². The zero-order valence-electron chi connectivity index (χ0n) is 17.1. The summed E-state index contributed by atoms with van der Waals surface area (Å²) in [6.07, 6.45) is 1.07. The summed E-state index contributed by atoms with van der Waals surface area (Å²) >= 11 is 11.8. The molecule has 10 nitrogen and oxygen atoms in total. The van der Waals surface area contributed by atoms with Crippen molar-refractivity contribution in [2.75, 3.05) is 24.0 Å². The molecule has 14 heteroatoms. The molecule has 0 saturated heterocycles. The number of rotatable bonds is 10. The SMILES string of the molecule is O=C(NCCCn1ncnn1)OCCN(c1cc(Cl)ccc1F)S(=O)(=O)c1ccc(Cl)cc1. The highest BCUT2D eigenvalue weighted by molar-refractivity contribution is 7.92. The number of aryl methyl sites for hydroxylation is 1. The summed E-state index contributed by atoms with van der Waals surface area (Å²) in [5, 5.41) is 14.1. The quantitative estimate of drug-likeness (QED) is 0.411. The average molecular weight is 517 g/mol. The minimum atomic E-state index is -4.21. The van der Waals surface area contributed by atoms with E-state index >= 15 is 0 Å². The van der Waals surface area contributed by atoms with E-state index in [1.165, 1.54) is 47.5 Å². The molecule has 1 aromatic heterocycles. The number of nitrogens with one attached hydrogen (secondary N) is 1. The van der Waals surface area contributed by atoms with Crippen LogP contribution in [-0.2, 0) is 21.3 Å². The van der Waals surface area contributed by atoms with Crippen LogP contribution < -0.4 is 9.62 Å². The van der Waals surface area contributed by atoms with Crippen LogP contribution >= 0.6 is 23.2 Å². The van der Waals surface area contributed by atoms with E-state index in [-0.39, 0.29) is 35.3 Å². The molecular weight excluding hydrogens is 498 g/mol. The van der Waals surface area contributed by atoms with Gasteiger partial charge in [-0.05, 0) is 54.1 Å². The van der Waals surface area contributed by atoms with Gasteiger partial charge in [-0.15, -0.1) is 10.2 Å². The van der Waals surface area contributed by atoms with E-state index in [0.717, 1.165) is 10.4 Å². The Morgan fingerprint density at radius 3 is 2.58 bits per heavy atom. The largest absolute Gasteiger partial charge is 0.448 e. The molecule has 1 heterocycles. The van der Waals surface area contributed by atoms with Crippen LogP contribution in [0.5, 0.6) is 0 Å². The number of alkyl carbamates (subject to hydrolysis) is 1. The van der Waals surface area contributed by atoms with E-state index in [2.05, 4.69) is 20.7 Å². The van der Waals surface area contributed by atoms with Crippen molar-refractivity contribution < 1.29 is 22.3 Å². The van der Waals surface area contributed by atoms with Gasteiger partial charge >= 0.3 is 6.09 Å². The van der Waals surface area contributed by atoms with Crippen LogP contribution in [0, 0.1) is 5.82 Å². The Kier molecular flexibility index (Phi) is 8.42. The Morgan fingerprint density at radius 2 is 1.88 bits per heavy atom. The highest BCUT2D eigenvalue weighted by Gasteiger charge is 2.27. The third-order valence-corrected chi connectivity index (χ3v) is 6.62. The number of amides is 1. The number of aromatic nitrogens is 4. The molecule has 0 spiro atoms. The van der Waals surface area contributed by atoms with Crippen LogP contribution in [0.2, 0.25) is 10.0 Å². The third kappa shape index (κ3) is 6.76. The summed E-state index contributed by atoms with van der Waals surface area (Å²) in [7, 11) is -4.21. The molecule has 0 unspecified atom stereocenters. The highest BCUT2D eigenvalue weighted by atomic mass is 35.5. The van der Waals surface area contributed by atoms with Crippen molar-refractivity contribution in [3.8, 4) is 0 Å². The van der Waals surface area contributed by atoms with Gasteiger partial charge < -0.3 is 10.1 Å². The first-order valence-electron chi connectivity index (χ1n) is 9.62. The summed E-state index contributed by atoms with van der Waals surface area (Å²) in [5.74, 6) is -0.803. The summed E-state index contributed by atoms with van der Waals surface area (Å²) in [6, 6.07) is 8.93. The third-order valence-electron chi connectivity index (χ3n) is 4.30. The van der Waals surface area contributed by atoms with Crippen LogP contribution in [-0.4, -0.2) is 54.4 Å². The molecule has 0 fully saturated rings. The molecule has 0 aliphatic heterocycles. The second-order valence-electron chi connectivity index (χ2n) is 6.57. The van der Waals surface area contributed by atoms with E-state index in [9.17, 15) is 17.6 Å². The predicted molar refractivity (Wildman–Crippen MR) is 119 cm³/mol. The predicted octanol–water partition coefficient (Wildman–Crippen LogP) is 3.13. The monoisotopic (exact) mass is 516 g/mol. The standard InChI is InChI=1S/C19H19Cl2FN6O4S/c20-14-2-5-16(6-3-14)33(30,31)27(18-12-15(21)4-7-17(18)22)10-11-32-19(29)23-8-1-9-28-25-13-24-26-28/h2-7,12-13H,1,8-11H2,(H,23,29). The van der Waals surface area contributed by atoms with E-state index in [1.54, 1.807) is 0 Å². The molecule has 3 aromatic rings. The van der Waals surface area contributed by atoms with Crippen LogP contribution in [0.3, 0.4) is 0 Å². The number of sulfonamides is 1. The minimum Gasteiger partial charge on any atom is -0.448 e. The Balaban J connectivity index is 1.65. The van der Waals surface area contributed by atoms with Crippen molar-refractivity contribution in [2.24, 2.45) is 0 Å². The van der Waals surface area contributed by atoms with Crippen molar-refractivity contribution in [2.45, 2.75) is 17.9 Å². The van der Waals surface area contributed by atoms with E-state index < -0.39 is 21.9 Å². The maximum absolute atomic E-state index is 14.5. The highest BCUT2D eigenvalue weighted by Crippen LogP contribution is 2.29. The van der Waals surface area contributed by atoms with E-state index in [4.69, 9.17) is 27.9 Å². The van der Waals surface area contributed by atoms with Gasteiger partial charge in [0.15, 0.2) is 6.33 Å². The summed E-state index contributed by atoms with van der Waals surface area (Å²) in [6.45, 7) is 0.0330. The van der Waals surface area contributed by atoms with Gasteiger partial charge in [-0.2, -0.15) is 4.80 Å². The van der Waals surface area contributed by atoms with Gasteiger partial charge in [0.1, 0.15) is 12.4 Å². The molecule has 1 amide bonds. The lowest BCUT2D eigenvalue weighted by Gasteiger charge is -2.25. The van der Waals surface area contributed by atoms with Gasteiger partial charge in [0.25, 0.3) is 10.0 Å². The molecule has 0 aliphatic rings. The first-order valence-corrected chi connectivity index (χ1v) is 11.8. The van der Waals surface area contributed by atoms with Gasteiger partial charge in [-0.3, -0.25) is 4.31 Å². The molecule has 33 heavy (non-hydrogen) atoms.